The van der Waals surface area contributed by atoms with Crippen LogP contribution in [-0.2, 0) is 4.79 Å². The minimum absolute atomic E-state index is 0.0386. The molecule has 1 atom stereocenters. The van der Waals surface area contributed by atoms with Crippen molar-refractivity contribution >= 4 is 17.4 Å². The number of carbonyl (C=O) groups is 1. The molecular formula is C16H18ClNO. The minimum atomic E-state index is -0.666. The average Bonchev–Trinajstić information content (AvgIpc) is 2.41. The van der Waals surface area contributed by atoms with E-state index >= 15 is 0 Å². The lowest BCUT2D eigenvalue weighted by molar-refractivity contribution is -0.120. The van der Waals surface area contributed by atoms with Gasteiger partial charge in [0, 0.05) is 11.4 Å². The molecule has 100 valence electrons. The van der Waals surface area contributed by atoms with Crippen LogP contribution in [0.2, 0.25) is 5.02 Å². The van der Waals surface area contributed by atoms with Gasteiger partial charge >= 0.3 is 0 Å². The molecule has 1 unspecified atom stereocenters. The molecule has 0 spiro atoms. The van der Waals surface area contributed by atoms with Crippen molar-refractivity contribution < 1.29 is 4.79 Å². The monoisotopic (exact) mass is 275 g/mol. The Morgan fingerprint density at radius 2 is 2.11 bits per heavy atom. The summed E-state index contributed by atoms with van der Waals surface area (Å²) in [6.07, 6.45) is 6.49. The van der Waals surface area contributed by atoms with E-state index in [1.165, 1.54) is 19.3 Å². The van der Waals surface area contributed by atoms with Crippen LogP contribution in [0.15, 0.2) is 24.3 Å². The Balaban J connectivity index is 2.05. The van der Waals surface area contributed by atoms with Gasteiger partial charge in [0.1, 0.15) is 5.92 Å². The largest absolute Gasteiger partial charge is 0.298 e. The van der Waals surface area contributed by atoms with Crippen molar-refractivity contribution in [1.82, 2.24) is 0 Å². The van der Waals surface area contributed by atoms with E-state index in [0.717, 1.165) is 18.4 Å². The summed E-state index contributed by atoms with van der Waals surface area (Å²) >= 11 is 5.92. The molecule has 0 heterocycles. The van der Waals surface area contributed by atoms with Gasteiger partial charge in [0.25, 0.3) is 0 Å². The second-order valence-electron chi connectivity index (χ2n) is 5.29. The van der Waals surface area contributed by atoms with Crippen LogP contribution in [0.5, 0.6) is 0 Å². The number of ketones is 1. The maximum Gasteiger partial charge on any atom is 0.154 e. The smallest absolute Gasteiger partial charge is 0.154 e. The second kappa shape index (κ2) is 6.73. The van der Waals surface area contributed by atoms with Gasteiger partial charge < -0.3 is 0 Å². The van der Waals surface area contributed by atoms with Crippen LogP contribution in [0.4, 0.5) is 0 Å². The first-order valence-electron chi connectivity index (χ1n) is 6.88. The van der Waals surface area contributed by atoms with Crippen LogP contribution in [0.25, 0.3) is 0 Å². The van der Waals surface area contributed by atoms with Gasteiger partial charge in [-0.2, -0.15) is 5.26 Å². The molecule has 1 saturated carbocycles. The SMILES string of the molecule is N#CC(C(=O)CC1CCCCC1)c1cccc(Cl)c1. The van der Waals surface area contributed by atoms with Crippen molar-refractivity contribution in [3.8, 4) is 6.07 Å². The Morgan fingerprint density at radius 3 is 2.74 bits per heavy atom. The fraction of sp³-hybridized carbons (Fsp3) is 0.500. The van der Waals surface area contributed by atoms with Crippen LogP contribution in [0.1, 0.15) is 50.0 Å². The molecule has 1 aromatic rings. The third kappa shape index (κ3) is 3.81. The molecule has 0 N–H and O–H groups in total. The minimum Gasteiger partial charge on any atom is -0.298 e. The Kier molecular flexibility index (Phi) is 4.99. The van der Waals surface area contributed by atoms with Crippen LogP contribution >= 0.6 is 11.6 Å². The number of hydrogen-bond acceptors (Lipinski definition) is 2. The van der Waals surface area contributed by atoms with Crippen molar-refractivity contribution in [2.45, 2.75) is 44.4 Å². The summed E-state index contributed by atoms with van der Waals surface area (Å²) in [4.78, 5) is 12.3. The average molecular weight is 276 g/mol. The maximum atomic E-state index is 12.3. The van der Waals surface area contributed by atoms with Crippen LogP contribution in [-0.4, -0.2) is 5.78 Å². The summed E-state index contributed by atoms with van der Waals surface area (Å²) < 4.78 is 0. The van der Waals surface area contributed by atoms with Crippen molar-refractivity contribution in [2.75, 3.05) is 0 Å². The molecule has 0 saturated heterocycles. The molecule has 1 aliphatic carbocycles. The summed E-state index contributed by atoms with van der Waals surface area (Å²) in [6.45, 7) is 0. The summed E-state index contributed by atoms with van der Waals surface area (Å²) in [7, 11) is 0. The van der Waals surface area contributed by atoms with Crippen molar-refractivity contribution in [3.63, 3.8) is 0 Å². The summed E-state index contributed by atoms with van der Waals surface area (Å²) in [5.74, 6) is -0.159. The molecule has 0 aromatic heterocycles. The van der Waals surface area contributed by atoms with Crippen molar-refractivity contribution in [2.24, 2.45) is 5.92 Å². The number of nitriles is 1. The highest BCUT2D eigenvalue weighted by atomic mass is 35.5. The Labute approximate surface area is 119 Å². The topological polar surface area (TPSA) is 40.9 Å². The fourth-order valence-corrected chi connectivity index (χ4v) is 3.01. The molecule has 3 heteroatoms. The number of halogens is 1. The van der Waals surface area contributed by atoms with Gasteiger partial charge in [0.15, 0.2) is 5.78 Å². The lowest BCUT2D eigenvalue weighted by Gasteiger charge is -2.21. The predicted molar refractivity (Wildman–Crippen MR) is 76.0 cm³/mol. The van der Waals surface area contributed by atoms with Gasteiger partial charge in [0.2, 0.25) is 0 Å². The first-order valence-corrected chi connectivity index (χ1v) is 7.26. The first-order chi connectivity index (χ1) is 9.20. The van der Waals surface area contributed by atoms with E-state index < -0.39 is 5.92 Å². The summed E-state index contributed by atoms with van der Waals surface area (Å²) in [5.41, 5.74) is 0.718. The van der Waals surface area contributed by atoms with E-state index in [4.69, 9.17) is 11.6 Å². The van der Waals surface area contributed by atoms with Crippen LogP contribution in [0, 0.1) is 17.2 Å². The molecular weight excluding hydrogens is 258 g/mol. The molecule has 0 amide bonds. The van der Waals surface area contributed by atoms with E-state index in [1.807, 2.05) is 0 Å². The first kappa shape index (κ1) is 14.1. The number of benzene rings is 1. The Morgan fingerprint density at radius 1 is 1.37 bits per heavy atom. The predicted octanol–water partition coefficient (Wildman–Crippen LogP) is 4.49. The number of carbonyl (C=O) groups excluding carboxylic acids is 1. The molecule has 1 aliphatic rings. The molecule has 19 heavy (non-hydrogen) atoms. The highest BCUT2D eigenvalue weighted by Gasteiger charge is 2.24. The van der Waals surface area contributed by atoms with E-state index in [2.05, 4.69) is 6.07 Å². The van der Waals surface area contributed by atoms with E-state index in [9.17, 15) is 10.1 Å². The van der Waals surface area contributed by atoms with Crippen LogP contribution in [0.3, 0.4) is 0 Å². The molecule has 2 rings (SSSR count). The number of nitrogens with zero attached hydrogens (tertiary/aromatic N) is 1. The third-order valence-corrected chi connectivity index (χ3v) is 4.08. The van der Waals surface area contributed by atoms with E-state index in [-0.39, 0.29) is 5.78 Å². The lowest BCUT2D eigenvalue weighted by atomic mass is 9.82. The zero-order chi connectivity index (χ0) is 13.7. The van der Waals surface area contributed by atoms with Gasteiger partial charge in [-0.3, -0.25) is 4.79 Å². The molecule has 1 aromatic carbocycles. The third-order valence-electron chi connectivity index (χ3n) is 3.85. The Bertz CT molecular complexity index is 486. The van der Waals surface area contributed by atoms with Gasteiger partial charge in [-0.05, 0) is 23.6 Å². The standard InChI is InChI=1S/C16H18ClNO/c17-14-8-4-7-13(10-14)15(11-18)16(19)9-12-5-2-1-3-6-12/h4,7-8,10,12,15H,1-3,5-6,9H2. The van der Waals surface area contributed by atoms with Gasteiger partial charge in [-0.15, -0.1) is 0 Å². The highest BCUT2D eigenvalue weighted by molar-refractivity contribution is 6.30. The van der Waals surface area contributed by atoms with E-state index in [0.29, 0.717) is 17.4 Å². The molecule has 1 fully saturated rings. The fourth-order valence-electron chi connectivity index (χ4n) is 2.81. The van der Waals surface area contributed by atoms with Crippen molar-refractivity contribution in [1.29, 1.82) is 5.26 Å². The molecule has 0 bridgehead atoms. The molecule has 0 radical (unpaired) electrons. The van der Waals surface area contributed by atoms with Gasteiger partial charge in [0.05, 0.1) is 6.07 Å². The highest BCUT2D eigenvalue weighted by Crippen LogP contribution is 2.29. The van der Waals surface area contributed by atoms with Crippen LogP contribution < -0.4 is 0 Å². The number of Topliss-reactive ketones (excluding diaryl/α,β-unsaturated/α-hetero) is 1. The molecule has 0 aliphatic heterocycles. The lowest BCUT2D eigenvalue weighted by Crippen LogP contribution is -2.17. The van der Waals surface area contributed by atoms with Crippen molar-refractivity contribution in [3.05, 3.63) is 34.9 Å². The normalized spacial score (nSPS) is 17.7. The molecule has 2 nitrogen and oxygen atoms in total. The van der Waals surface area contributed by atoms with Gasteiger partial charge in [-0.25, -0.2) is 0 Å². The zero-order valence-corrected chi connectivity index (χ0v) is 11.7. The van der Waals surface area contributed by atoms with Gasteiger partial charge in [-0.1, -0.05) is 55.8 Å². The summed E-state index contributed by atoms with van der Waals surface area (Å²) in [6, 6.07) is 9.19. The number of hydrogen-bond donors (Lipinski definition) is 0. The number of rotatable bonds is 4. The zero-order valence-electron chi connectivity index (χ0n) is 10.9. The maximum absolute atomic E-state index is 12.3. The second-order valence-corrected chi connectivity index (χ2v) is 5.73. The quantitative estimate of drug-likeness (QED) is 0.812. The van der Waals surface area contributed by atoms with E-state index in [1.54, 1.807) is 24.3 Å². The Hall–Kier alpha value is -1.33. The summed E-state index contributed by atoms with van der Waals surface area (Å²) in [5, 5.41) is 9.83.